The van der Waals surface area contributed by atoms with Gasteiger partial charge < -0.3 is 19.4 Å². The first-order valence-corrected chi connectivity index (χ1v) is 11.1. The predicted octanol–water partition coefficient (Wildman–Crippen LogP) is 4.23. The smallest absolute Gasteiger partial charge is 0.416 e. The fraction of sp³-hybridized carbons (Fsp3) is 0.348. The second-order valence-electron chi connectivity index (χ2n) is 7.78. The monoisotopic (exact) mass is 465 g/mol. The van der Waals surface area contributed by atoms with Gasteiger partial charge >= 0.3 is 6.18 Å². The summed E-state index contributed by atoms with van der Waals surface area (Å²) in [7, 11) is 0. The van der Waals surface area contributed by atoms with E-state index in [2.05, 4.69) is 5.32 Å². The van der Waals surface area contributed by atoms with E-state index in [1.807, 2.05) is 13.8 Å². The highest BCUT2D eigenvalue weighted by molar-refractivity contribution is 7.16. The van der Waals surface area contributed by atoms with Crippen molar-refractivity contribution in [1.29, 1.82) is 0 Å². The number of carbonyl (C=O) groups excluding carboxylic acids is 1. The number of halogens is 3. The summed E-state index contributed by atoms with van der Waals surface area (Å²) in [6.07, 6.45) is -2.96. The summed E-state index contributed by atoms with van der Waals surface area (Å²) in [6, 6.07) is 8.32. The molecule has 2 N–H and O–H groups in total. The average molecular weight is 466 g/mol. The Morgan fingerprint density at radius 3 is 2.41 bits per heavy atom. The molecule has 5 nitrogen and oxygen atoms in total. The standard InChI is InChI=1S/C23H23F3N2O3S/c1-14-15(2)32-22(27-21(29)18-4-3-11-31-18)19(14)20(28-9-12-30-13-10-28)16-5-7-17(8-6-16)23(24,25)26/h3-8,11,20H,9-10,12-13H2,1-2H3,(H,27,29)/p+1. The van der Waals surface area contributed by atoms with Crippen molar-refractivity contribution in [3.05, 3.63) is 75.6 Å². The number of aryl methyl sites for hydroxylation is 1. The van der Waals surface area contributed by atoms with Crippen LogP contribution in [-0.4, -0.2) is 32.2 Å². The number of rotatable bonds is 5. The van der Waals surface area contributed by atoms with E-state index >= 15 is 0 Å². The Morgan fingerprint density at radius 2 is 1.81 bits per heavy atom. The third-order valence-corrected chi connectivity index (χ3v) is 6.95. The SMILES string of the molecule is Cc1sc(NC(=O)c2ccco2)c(C(c2ccc(C(F)(F)F)cc2)[NH+]2CCOCC2)c1C. The number of amides is 1. The van der Waals surface area contributed by atoms with Crippen LogP contribution in [0.15, 0.2) is 47.1 Å². The maximum Gasteiger partial charge on any atom is 0.416 e. The molecule has 2 aromatic heterocycles. The van der Waals surface area contributed by atoms with Gasteiger partial charge in [-0.2, -0.15) is 13.2 Å². The Bertz CT molecular complexity index is 1070. The van der Waals surface area contributed by atoms with Crippen molar-refractivity contribution in [3.8, 4) is 0 Å². The van der Waals surface area contributed by atoms with Crippen LogP contribution in [0, 0.1) is 13.8 Å². The topological polar surface area (TPSA) is 55.9 Å². The molecule has 1 unspecified atom stereocenters. The first kappa shape index (κ1) is 22.6. The molecule has 1 aliphatic rings. The first-order chi connectivity index (χ1) is 15.3. The number of quaternary nitrogens is 1. The van der Waals surface area contributed by atoms with Crippen LogP contribution in [0.2, 0.25) is 0 Å². The molecule has 0 saturated carbocycles. The van der Waals surface area contributed by atoms with E-state index in [4.69, 9.17) is 9.15 Å². The van der Waals surface area contributed by atoms with Gasteiger partial charge in [-0.25, -0.2) is 0 Å². The highest BCUT2D eigenvalue weighted by Crippen LogP contribution is 2.39. The number of thiophene rings is 1. The summed E-state index contributed by atoms with van der Waals surface area (Å²) >= 11 is 1.46. The molecule has 1 saturated heterocycles. The lowest BCUT2D eigenvalue weighted by Crippen LogP contribution is -3.14. The van der Waals surface area contributed by atoms with Crippen molar-refractivity contribution < 1.29 is 32.0 Å². The number of anilines is 1. The first-order valence-electron chi connectivity index (χ1n) is 10.3. The van der Waals surface area contributed by atoms with Gasteiger partial charge in [-0.3, -0.25) is 4.79 Å². The van der Waals surface area contributed by atoms with Gasteiger partial charge in [0.05, 0.1) is 30.6 Å². The van der Waals surface area contributed by atoms with Gasteiger partial charge in [0.25, 0.3) is 5.91 Å². The molecule has 1 aliphatic heterocycles. The minimum Gasteiger partial charge on any atom is -0.459 e. The second-order valence-corrected chi connectivity index (χ2v) is 9.01. The zero-order valence-electron chi connectivity index (χ0n) is 17.7. The van der Waals surface area contributed by atoms with Gasteiger partial charge in [0.2, 0.25) is 0 Å². The van der Waals surface area contributed by atoms with Crippen LogP contribution in [-0.2, 0) is 10.9 Å². The molecule has 1 amide bonds. The Kier molecular flexibility index (Phi) is 6.41. The number of hydrogen-bond acceptors (Lipinski definition) is 4. The minimum absolute atomic E-state index is 0.199. The molecule has 3 aromatic rings. The summed E-state index contributed by atoms with van der Waals surface area (Å²) in [6.45, 7) is 6.54. The Balaban J connectivity index is 1.77. The summed E-state index contributed by atoms with van der Waals surface area (Å²) in [4.78, 5) is 14.9. The molecule has 1 atom stereocenters. The molecule has 0 aliphatic carbocycles. The normalized spacial score (nSPS) is 16.2. The fourth-order valence-corrected chi connectivity index (χ4v) is 5.14. The van der Waals surface area contributed by atoms with Crippen molar-refractivity contribution >= 4 is 22.2 Å². The Labute approximate surface area is 187 Å². The number of nitrogens with one attached hydrogen (secondary N) is 2. The van der Waals surface area contributed by atoms with Gasteiger partial charge in [0, 0.05) is 10.4 Å². The lowest BCUT2D eigenvalue weighted by atomic mass is 9.93. The molecule has 3 heterocycles. The van der Waals surface area contributed by atoms with Crippen LogP contribution in [0.3, 0.4) is 0 Å². The number of ether oxygens (including phenoxy) is 1. The van der Waals surface area contributed by atoms with Crippen LogP contribution in [0.25, 0.3) is 0 Å². The molecule has 0 bridgehead atoms. The van der Waals surface area contributed by atoms with E-state index in [0.29, 0.717) is 31.3 Å². The van der Waals surface area contributed by atoms with Crippen molar-refractivity contribution in [1.82, 2.24) is 0 Å². The number of benzene rings is 1. The van der Waals surface area contributed by atoms with Crippen molar-refractivity contribution in [2.45, 2.75) is 26.1 Å². The molecule has 170 valence electrons. The molecule has 9 heteroatoms. The number of hydrogen-bond donors (Lipinski definition) is 2. The molecule has 0 spiro atoms. The summed E-state index contributed by atoms with van der Waals surface area (Å²) in [5.74, 6) is -0.162. The molecule has 4 rings (SSSR count). The molecular formula is C23H24F3N2O3S+. The molecule has 32 heavy (non-hydrogen) atoms. The van der Waals surface area contributed by atoms with E-state index in [1.54, 1.807) is 24.3 Å². The Morgan fingerprint density at radius 1 is 1.12 bits per heavy atom. The number of carbonyl (C=O) groups is 1. The van der Waals surface area contributed by atoms with Gasteiger partial charge in [-0.05, 0) is 43.7 Å². The van der Waals surface area contributed by atoms with E-state index in [0.717, 1.165) is 33.7 Å². The van der Waals surface area contributed by atoms with Crippen LogP contribution in [0.5, 0.6) is 0 Å². The zero-order valence-corrected chi connectivity index (χ0v) is 18.5. The lowest BCUT2D eigenvalue weighted by molar-refractivity contribution is -0.933. The van der Waals surface area contributed by atoms with Gasteiger partial charge in [0.15, 0.2) is 5.76 Å². The minimum atomic E-state index is -4.39. The third kappa shape index (κ3) is 4.60. The van der Waals surface area contributed by atoms with E-state index in [1.165, 1.54) is 22.5 Å². The highest BCUT2D eigenvalue weighted by atomic mass is 32.1. The van der Waals surface area contributed by atoms with Gasteiger partial charge in [0.1, 0.15) is 24.1 Å². The van der Waals surface area contributed by atoms with Crippen LogP contribution in [0.4, 0.5) is 18.2 Å². The van der Waals surface area contributed by atoms with E-state index in [-0.39, 0.29) is 17.7 Å². The highest BCUT2D eigenvalue weighted by Gasteiger charge is 2.35. The third-order valence-electron chi connectivity index (χ3n) is 5.81. The number of furan rings is 1. The van der Waals surface area contributed by atoms with E-state index < -0.39 is 11.7 Å². The van der Waals surface area contributed by atoms with Crippen molar-refractivity contribution in [2.24, 2.45) is 0 Å². The molecule has 1 aromatic carbocycles. The average Bonchev–Trinajstić information content (AvgIpc) is 3.39. The lowest BCUT2D eigenvalue weighted by Gasteiger charge is -2.32. The fourth-order valence-electron chi connectivity index (χ4n) is 4.05. The maximum atomic E-state index is 13.1. The van der Waals surface area contributed by atoms with Gasteiger partial charge in [-0.15, -0.1) is 11.3 Å². The molecule has 1 fully saturated rings. The second kappa shape index (κ2) is 9.09. The molecular weight excluding hydrogens is 441 g/mol. The van der Waals surface area contributed by atoms with Crippen molar-refractivity contribution in [2.75, 3.05) is 31.6 Å². The summed E-state index contributed by atoms with van der Waals surface area (Å²) < 4.78 is 50.1. The van der Waals surface area contributed by atoms with E-state index in [9.17, 15) is 18.0 Å². The van der Waals surface area contributed by atoms with Gasteiger partial charge in [-0.1, -0.05) is 12.1 Å². The number of alkyl halides is 3. The Hall–Kier alpha value is -2.62. The zero-order chi connectivity index (χ0) is 22.9. The van der Waals surface area contributed by atoms with Crippen molar-refractivity contribution in [3.63, 3.8) is 0 Å². The largest absolute Gasteiger partial charge is 0.459 e. The summed E-state index contributed by atoms with van der Waals surface area (Å²) in [5, 5.41) is 3.65. The molecule has 0 radical (unpaired) electrons. The van der Waals surface area contributed by atoms with Crippen LogP contribution >= 0.6 is 11.3 Å². The summed E-state index contributed by atoms with van der Waals surface area (Å²) in [5.41, 5.74) is 2.03. The van der Waals surface area contributed by atoms with Crippen LogP contribution in [0.1, 0.15) is 43.7 Å². The van der Waals surface area contributed by atoms with Crippen LogP contribution < -0.4 is 10.2 Å². The quantitative estimate of drug-likeness (QED) is 0.593. The number of morpholine rings is 1. The predicted molar refractivity (Wildman–Crippen MR) is 115 cm³/mol. The maximum absolute atomic E-state index is 13.1.